The molecule has 0 radical (unpaired) electrons. The van der Waals surface area contributed by atoms with Crippen LogP contribution in [0.15, 0.2) is 53.4 Å². The number of benzene rings is 2. The van der Waals surface area contributed by atoms with Crippen LogP contribution in [0.2, 0.25) is 5.02 Å². The molecule has 1 aliphatic heterocycles. The lowest BCUT2D eigenvalue weighted by Gasteiger charge is -2.32. The van der Waals surface area contributed by atoms with Gasteiger partial charge in [-0.15, -0.1) is 0 Å². The van der Waals surface area contributed by atoms with Crippen LogP contribution in [0.4, 0.5) is 5.69 Å². The molecule has 0 aliphatic carbocycles. The molecular formula is C18H19ClN2O4S. The minimum atomic E-state index is -3.63. The molecule has 6 nitrogen and oxygen atoms in total. The number of aryl methyl sites for hydroxylation is 1. The van der Waals surface area contributed by atoms with E-state index in [0.717, 1.165) is 5.56 Å². The fraction of sp³-hybridized carbons (Fsp3) is 0.278. The molecule has 1 unspecified atom stereocenters. The third-order valence-corrected chi connectivity index (χ3v) is 5.74. The number of nitrogens with one attached hydrogen (secondary N) is 1. The molecule has 8 heteroatoms. The maximum Gasteiger partial charge on any atom is 0.253 e. The van der Waals surface area contributed by atoms with Gasteiger partial charge >= 0.3 is 0 Å². The number of halogens is 1. The predicted octanol–water partition coefficient (Wildman–Crippen LogP) is 2.36. The second-order valence-electron chi connectivity index (χ2n) is 6.08. The van der Waals surface area contributed by atoms with Crippen LogP contribution in [-0.2, 0) is 19.6 Å². The Morgan fingerprint density at radius 2 is 1.96 bits per heavy atom. The van der Waals surface area contributed by atoms with Gasteiger partial charge in [-0.25, -0.2) is 13.1 Å². The summed E-state index contributed by atoms with van der Waals surface area (Å²) in [5.41, 5.74) is 1.57. The van der Waals surface area contributed by atoms with Gasteiger partial charge in [0.15, 0.2) is 0 Å². The summed E-state index contributed by atoms with van der Waals surface area (Å²) < 4.78 is 32.9. The van der Waals surface area contributed by atoms with E-state index in [9.17, 15) is 13.2 Å². The normalized spacial score (nSPS) is 18.2. The Labute approximate surface area is 157 Å². The highest BCUT2D eigenvalue weighted by Gasteiger charge is 2.28. The summed E-state index contributed by atoms with van der Waals surface area (Å²) in [7, 11) is -3.63. The average molecular weight is 395 g/mol. The molecule has 1 amide bonds. The van der Waals surface area contributed by atoms with Crippen LogP contribution in [0.5, 0.6) is 0 Å². The summed E-state index contributed by atoms with van der Waals surface area (Å²) in [4.78, 5) is 13.9. The van der Waals surface area contributed by atoms with Crippen molar-refractivity contribution >= 4 is 33.2 Å². The van der Waals surface area contributed by atoms with Crippen molar-refractivity contribution in [2.45, 2.75) is 17.9 Å². The Morgan fingerprint density at radius 1 is 1.23 bits per heavy atom. The van der Waals surface area contributed by atoms with Crippen molar-refractivity contribution in [3.05, 3.63) is 59.1 Å². The van der Waals surface area contributed by atoms with Crippen molar-refractivity contribution in [3.8, 4) is 0 Å². The van der Waals surface area contributed by atoms with Crippen molar-refractivity contribution < 1.29 is 17.9 Å². The molecular weight excluding hydrogens is 376 g/mol. The molecule has 3 rings (SSSR count). The first kappa shape index (κ1) is 18.8. The summed E-state index contributed by atoms with van der Waals surface area (Å²) in [6.07, 6.45) is -0.442. The van der Waals surface area contributed by atoms with Gasteiger partial charge in [0.25, 0.3) is 5.91 Å². The molecule has 26 heavy (non-hydrogen) atoms. The summed E-state index contributed by atoms with van der Waals surface area (Å²) >= 11 is 5.88. The van der Waals surface area contributed by atoms with E-state index in [1.807, 2.05) is 13.0 Å². The first-order valence-corrected chi connectivity index (χ1v) is 9.95. The van der Waals surface area contributed by atoms with E-state index in [0.29, 0.717) is 10.7 Å². The Bertz CT molecular complexity index is 900. The van der Waals surface area contributed by atoms with Gasteiger partial charge in [-0.05, 0) is 48.9 Å². The number of hydrogen-bond donors (Lipinski definition) is 1. The number of hydrogen-bond acceptors (Lipinski definition) is 4. The SMILES string of the molecule is Cc1cccc(S(=O)(=O)NCC2CN(c3ccc(Cl)cc3)C(=O)CO2)c1. The van der Waals surface area contributed by atoms with E-state index >= 15 is 0 Å². The van der Waals surface area contributed by atoms with E-state index in [1.54, 1.807) is 47.4 Å². The van der Waals surface area contributed by atoms with Crippen LogP contribution >= 0.6 is 11.6 Å². The smallest absolute Gasteiger partial charge is 0.253 e. The number of sulfonamides is 1. The van der Waals surface area contributed by atoms with Gasteiger partial charge in [0.05, 0.1) is 17.5 Å². The maximum absolute atomic E-state index is 12.4. The number of carbonyl (C=O) groups is 1. The van der Waals surface area contributed by atoms with Gasteiger partial charge in [0.1, 0.15) is 6.61 Å². The Balaban J connectivity index is 1.67. The Kier molecular flexibility index (Phi) is 5.62. The lowest BCUT2D eigenvalue weighted by atomic mass is 10.2. The van der Waals surface area contributed by atoms with Crippen LogP contribution in [-0.4, -0.2) is 40.1 Å². The number of rotatable bonds is 5. The van der Waals surface area contributed by atoms with Crippen LogP contribution < -0.4 is 9.62 Å². The highest BCUT2D eigenvalue weighted by molar-refractivity contribution is 7.89. The quantitative estimate of drug-likeness (QED) is 0.844. The van der Waals surface area contributed by atoms with Crippen molar-refractivity contribution in [2.75, 3.05) is 24.6 Å². The first-order chi connectivity index (χ1) is 12.3. The van der Waals surface area contributed by atoms with Crippen molar-refractivity contribution in [1.29, 1.82) is 0 Å². The zero-order valence-corrected chi connectivity index (χ0v) is 15.8. The summed E-state index contributed by atoms with van der Waals surface area (Å²) in [5.74, 6) is -0.176. The molecule has 1 atom stereocenters. The van der Waals surface area contributed by atoms with Gasteiger partial charge in [-0.2, -0.15) is 0 Å². The molecule has 0 saturated carbocycles. The van der Waals surface area contributed by atoms with Crippen molar-refractivity contribution in [1.82, 2.24) is 4.72 Å². The summed E-state index contributed by atoms with van der Waals surface area (Å²) in [5, 5.41) is 0.580. The number of morpholine rings is 1. The van der Waals surface area contributed by atoms with Gasteiger partial charge in [0, 0.05) is 17.3 Å². The second kappa shape index (κ2) is 7.75. The molecule has 0 aromatic heterocycles. The molecule has 138 valence electrons. The molecule has 1 N–H and O–H groups in total. The minimum absolute atomic E-state index is 0.0770. The Morgan fingerprint density at radius 3 is 2.65 bits per heavy atom. The summed E-state index contributed by atoms with van der Waals surface area (Å²) in [6, 6.07) is 13.6. The standard InChI is InChI=1S/C18H19ClN2O4S/c1-13-3-2-4-17(9-13)26(23,24)20-10-16-11-21(18(22)12-25-16)15-7-5-14(19)6-8-15/h2-9,16,20H,10-12H2,1H3. The highest BCUT2D eigenvalue weighted by atomic mass is 35.5. The van der Waals surface area contributed by atoms with Gasteiger partial charge < -0.3 is 9.64 Å². The number of carbonyl (C=O) groups excluding carboxylic acids is 1. The lowest BCUT2D eigenvalue weighted by Crippen LogP contribution is -2.50. The number of nitrogens with zero attached hydrogens (tertiary/aromatic N) is 1. The predicted molar refractivity (Wildman–Crippen MR) is 99.9 cm³/mol. The molecule has 0 bridgehead atoms. The van der Waals surface area contributed by atoms with Gasteiger partial charge in [-0.3, -0.25) is 4.79 Å². The first-order valence-electron chi connectivity index (χ1n) is 8.09. The van der Waals surface area contributed by atoms with Gasteiger partial charge in [0.2, 0.25) is 10.0 Å². The second-order valence-corrected chi connectivity index (χ2v) is 8.29. The van der Waals surface area contributed by atoms with E-state index in [2.05, 4.69) is 4.72 Å². The average Bonchev–Trinajstić information content (AvgIpc) is 2.62. The molecule has 1 aliphatic rings. The molecule has 2 aromatic rings. The monoisotopic (exact) mass is 394 g/mol. The third kappa shape index (κ3) is 4.42. The minimum Gasteiger partial charge on any atom is -0.365 e. The topological polar surface area (TPSA) is 75.7 Å². The van der Waals surface area contributed by atoms with Crippen molar-refractivity contribution in [2.24, 2.45) is 0 Å². The number of ether oxygens (including phenoxy) is 1. The van der Waals surface area contributed by atoms with E-state index in [-0.39, 0.29) is 30.5 Å². The Hall–Kier alpha value is -1.93. The van der Waals surface area contributed by atoms with Crippen molar-refractivity contribution in [3.63, 3.8) is 0 Å². The van der Waals surface area contributed by atoms with E-state index in [4.69, 9.17) is 16.3 Å². The highest BCUT2D eigenvalue weighted by Crippen LogP contribution is 2.21. The molecule has 0 spiro atoms. The molecule has 1 fully saturated rings. The fourth-order valence-corrected chi connectivity index (χ4v) is 3.98. The zero-order valence-electron chi connectivity index (χ0n) is 14.2. The summed E-state index contributed by atoms with van der Waals surface area (Å²) in [6.45, 7) is 2.07. The molecule has 1 saturated heterocycles. The van der Waals surface area contributed by atoms with Crippen LogP contribution in [0, 0.1) is 6.92 Å². The van der Waals surface area contributed by atoms with Crippen LogP contribution in [0.1, 0.15) is 5.56 Å². The van der Waals surface area contributed by atoms with E-state index < -0.39 is 16.1 Å². The third-order valence-electron chi connectivity index (χ3n) is 4.07. The lowest BCUT2D eigenvalue weighted by molar-refractivity contribution is -0.129. The fourth-order valence-electron chi connectivity index (χ4n) is 2.69. The van der Waals surface area contributed by atoms with Crippen LogP contribution in [0.3, 0.4) is 0 Å². The largest absolute Gasteiger partial charge is 0.365 e. The maximum atomic E-state index is 12.4. The molecule has 2 aromatic carbocycles. The van der Waals surface area contributed by atoms with E-state index in [1.165, 1.54) is 0 Å². The molecule has 1 heterocycles. The zero-order chi connectivity index (χ0) is 18.7. The van der Waals surface area contributed by atoms with Crippen LogP contribution in [0.25, 0.3) is 0 Å². The number of amides is 1. The van der Waals surface area contributed by atoms with Gasteiger partial charge in [-0.1, -0.05) is 23.7 Å². The number of anilines is 1.